The normalized spacial score (nSPS) is 12.2. The summed E-state index contributed by atoms with van der Waals surface area (Å²) in [6.45, 7) is 6.21. The summed E-state index contributed by atoms with van der Waals surface area (Å²) in [6.07, 6.45) is 0. The maximum atomic E-state index is 5.89. The molecule has 0 aliphatic rings. The molecule has 6 heteroatoms. The Labute approximate surface area is 142 Å². The third kappa shape index (κ3) is 5.10. The van der Waals surface area contributed by atoms with E-state index in [0.29, 0.717) is 5.96 Å². The topological polar surface area (TPSA) is 96.6 Å². The van der Waals surface area contributed by atoms with Crippen LogP contribution in [-0.4, -0.2) is 25.0 Å². The first-order valence-corrected chi connectivity index (χ1v) is 8.05. The van der Waals surface area contributed by atoms with Gasteiger partial charge in [-0.05, 0) is 50.2 Å². The van der Waals surface area contributed by atoms with Crippen molar-refractivity contribution in [3.8, 4) is 0 Å². The SMILES string of the molecule is CCN(CC)c1ccc(N=C(N)N=C(N)[NH2+]c2ccccc2)cc1. The van der Waals surface area contributed by atoms with Gasteiger partial charge in [0.1, 0.15) is 5.69 Å². The Morgan fingerprint density at radius 1 is 0.958 bits per heavy atom. The lowest BCUT2D eigenvalue weighted by Crippen LogP contribution is -2.85. The minimum atomic E-state index is 0.135. The smallest absolute Gasteiger partial charge is 0.304 e. The van der Waals surface area contributed by atoms with Gasteiger partial charge in [-0.2, -0.15) is 0 Å². The predicted octanol–water partition coefficient (Wildman–Crippen LogP) is 1.69. The summed E-state index contributed by atoms with van der Waals surface area (Å²) in [5, 5.41) is 1.76. The average molecular weight is 325 g/mol. The van der Waals surface area contributed by atoms with Gasteiger partial charge in [-0.25, -0.2) is 10.3 Å². The quantitative estimate of drug-likeness (QED) is 0.443. The zero-order valence-corrected chi connectivity index (χ0v) is 14.2. The number of para-hydroxylation sites is 1. The van der Waals surface area contributed by atoms with E-state index in [1.807, 2.05) is 54.6 Å². The zero-order chi connectivity index (χ0) is 17.4. The van der Waals surface area contributed by atoms with Gasteiger partial charge >= 0.3 is 5.96 Å². The maximum Gasteiger partial charge on any atom is 0.304 e. The van der Waals surface area contributed by atoms with Crippen LogP contribution in [0.15, 0.2) is 64.6 Å². The molecule has 0 amide bonds. The highest BCUT2D eigenvalue weighted by Crippen LogP contribution is 2.19. The number of nitrogens with zero attached hydrogens (tertiary/aromatic N) is 3. The number of quaternary nitrogens is 1. The van der Waals surface area contributed by atoms with Gasteiger partial charge in [-0.1, -0.05) is 18.2 Å². The first kappa shape index (κ1) is 17.5. The van der Waals surface area contributed by atoms with E-state index in [1.54, 1.807) is 5.32 Å². The van der Waals surface area contributed by atoms with Crippen LogP contribution in [0.4, 0.5) is 17.1 Å². The number of rotatable bonds is 5. The second kappa shape index (κ2) is 8.69. The van der Waals surface area contributed by atoms with Gasteiger partial charge in [0.05, 0.1) is 5.69 Å². The number of nitrogens with two attached hydrogens (primary N) is 3. The van der Waals surface area contributed by atoms with E-state index in [1.165, 1.54) is 0 Å². The highest BCUT2D eigenvalue weighted by Gasteiger charge is 2.03. The molecule has 0 radical (unpaired) electrons. The second-order valence-electron chi connectivity index (χ2n) is 5.25. The molecule has 0 heterocycles. The molecule has 0 aliphatic carbocycles. The van der Waals surface area contributed by atoms with Crippen LogP contribution in [0.2, 0.25) is 0 Å². The van der Waals surface area contributed by atoms with E-state index >= 15 is 0 Å². The molecule has 0 aromatic heterocycles. The fraction of sp³-hybridized carbons (Fsp3) is 0.222. The molecule has 6 N–H and O–H groups in total. The largest absolute Gasteiger partial charge is 0.372 e. The van der Waals surface area contributed by atoms with Crippen LogP contribution in [0.3, 0.4) is 0 Å². The van der Waals surface area contributed by atoms with Crippen LogP contribution in [0.25, 0.3) is 0 Å². The Bertz CT molecular complexity index is 687. The Hall–Kier alpha value is -2.86. The lowest BCUT2D eigenvalue weighted by molar-refractivity contribution is -0.445. The van der Waals surface area contributed by atoms with Gasteiger partial charge in [0.2, 0.25) is 5.96 Å². The molecular formula is C18H25N6+. The molecule has 6 nitrogen and oxygen atoms in total. The monoisotopic (exact) mass is 325 g/mol. The van der Waals surface area contributed by atoms with Crippen LogP contribution in [0.5, 0.6) is 0 Å². The molecular weight excluding hydrogens is 300 g/mol. The Balaban J connectivity index is 2.05. The molecule has 0 atom stereocenters. The average Bonchev–Trinajstić information content (AvgIpc) is 2.58. The minimum Gasteiger partial charge on any atom is -0.372 e. The van der Waals surface area contributed by atoms with Gasteiger partial charge in [0.25, 0.3) is 0 Å². The summed E-state index contributed by atoms with van der Waals surface area (Å²) >= 11 is 0. The summed E-state index contributed by atoms with van der Waals surface area (Å²) in [7, 11) is 0. The Kier molecular flexibility index (Phi) is 6.33. The summed E-state index contributed by atoms with van der Waals surface area (Å²) < 4.78 is 0. The lowest BCUT2D eigenvalue weighted by Gasteiger charge is -2.20. The molecule has 0 spiro atoms. The van der Waals surface area contributed by atoms with Crippen LogP contribution in [0, 0.1) is 0 Å². The first-order valence-electron chi connectivity index (χ1n) is 8.05. The molecule has 0 bridgehead atoms. The first-order chi connectivity index (χ1) is 11.6. The minimum absolute atomic E-state index is 0.135. The van der Waals surface area contributed by atoms with Gasteiger partial charge in [0.15, 0.2) is 0 Å². The third-order valence-electron chi connectivity index (χ3n) is 3.58. The summed E-state index contributed by atoms with van der Waals surface area (Å²) in [6, 6.07) is 17.6. The van der Waals surface area contributed by atoms with E-state index in [-0.39, 0.29) is 5.96 Å². The summed E-state index contributed by atoms with van der Waals surface area (Å²) in [5.74, 6) is 0.456. The predicted molar refractivity (Wildman–Crippen MR) is 101 cm³/mol. The van der Waals surface area contributed by atoms with E-state index in [0.717, 1.165) is 30.2 Å². The number of benzene rings is 2. The van der Waals surface area contributed by atoms with Crippen molar-refractivity contribution in [2.24, 2.45) is 21.5 Å². The van der Waals surface area contributed by atoms with Gasteiger partial charge in [0, 0.05) is 18.8 Å². The summed E-state index contributed by atoms with van der Waals surface area (Å²) in [4.78, 5) is 10.7. The third-order valence-corrected chi connectivity index (χ3v) is 3.58. The van der Waals surface area contributed by atoms with Gasteiger partial charge < -0.3 is 16.4 Å². The molecule has 2 aromatic carbocycles. The number of anilines is 1. The molecule has 0 aliphatic heterocycles. The van der Waals surface area contributed by atoms with Crippen LogP contribution in [0.1, 0.15) is 13.8 Å². The molecule has 2 rings (SSSR count). The molecule has 0 fully saturated rings. The fourth-order valence-electron chi connectivity index (χ4n) is 2.37. The fourth-order valence-corrected chi connectivity index (χ4v) is 2.37. The van der Waals surface area contributed by atoms with Crippen LogP contribution in [-0.2, 0) is 0 Å². The van der Waals surface area contributed by atoms with Crippen LogP contribution < -0.4 is 21.7 Å². The Morgan fingerprint density at radius 3 is 2.17 bits per heavy atom. The van der Waals surface area contributed by atoms with Crippen molar-refractivity contribution in [3.05, 3.63) is 54.6 Å². The van der Waals surface area contributed by atoms with Crippen LogP contribution >= 0.6 is 0 Å². The molecule has 2 aromatic rings. The lowest BCUT2D eigenvalue weighted by atomic mass is 10.2. The number of hydrogen-bond acceptors (Lipinski definition) is 2. The Morgan fingerprint density at radius 2 is 1.58 bits per heavy atom. The van der Waals surface area contributed by atoms with E-state index in [9.17, 15) is 0 Å². The second-order valence-corrected chi connectivity index (χ2v) is 5.25. The molecule has 0 unspecified atom stereocenters. The van der Waals surface area contributed by atoms with Crippen molar-refractivity contribution in [2.75, 3.05) is 18.0 Å². The van der Waals surface area contributed by atoms with Crippen molar-refractivity contribution < 1.29 is 5.32 Å². The number of aliphatic imine (C=N–C) groups is 2. The van der Waals surface area contributed by atoms with Gasteiger partial charge in [-0.3, -0.25) is 0 Å². The molecule has 0 saturated carbocycles. The summed E-state index contributed by atoms with van der Waals surface area (Å²) in [5.41, 5.74) is 14.6. The van der Waals surface area contributed by atoms with Gasteiger partial charge in [-0.15, -0.1) is 4.99 Å². The van der Waals surface area contributed by atoms with E-state index in [4.69, 9.17) is 11.5 Å². The van der Waals surface area contributed by atoms with Crippen molar-refractivity contribution in [1.82, 2.24) is 0 Å². The van der Waals surface area contributed by atoms with Crippen molar-refractivity contribution in [3.63, 3.8) is 0 Å². The van der Waals surface area contributed by atoms with Crippen molar-refractivity contribution in [1.29, 1.82) is 0 Å². The van der Waals surface area contributed by atoms with E-state index < -0.39 is 0 Å². The number of guanidine groups is 2. The molecule has 0 saturated heterocycles. The van der Waals surface area contributed by atoms with Crippen molar-refractivity contribution >= 4 is 29.0 Å². The molecule has 24 heavy (non-hydrogen) atoms. The standard InChI is InChI=1S/C18H24N6/c1-3-24(4-2)16-12-10-15(11-13-16)22-18(20)23-17(19)21-14-8-6-5-7-9-14/h5-13H,3-4H2,1-2H3,(H5,19,20,21,22,23)/p+1. The molecule has 126 valence electrons. The highest BCUT2D eigenvalue weighted by atomic mass is 15.2. The zero-order valence-electron chi connectivity index (χ0n) is 14.2. The maximum absolute atomic E-state index is 5.89. The highest BCUT2D eigenvalue weighted by molar-refractivity contribution is 5.91. The van der Waals surface area contributed by atoms with Crippen molar-refractivity contribution in [2.45, 2.75) is 13.8 Å². The van der Waals surface area contributed by atoms with E-state index in [2.05, 4.69) is 28.7 Å². The number of hydrogen-bond donors (Lipinski definition) is 3.